The van der Waals surface area contributed by atoms with Crippen molar-refractivity contribution >= 4 is 11.4 Å². The van der Waals surface area contributed by atoms with Gasteiger partial charge in [0.1, 0.15) is 5.56 Å². The van der Waals surface area contributed by atoms with Gasteiger partial charge in [0.05, 0.1) is 17.0 Å². The Morgan fingerprint density at radius 1 is 1.24 bits per heavy atom. The molecule has 9 heteroatoms. The van der Waals surface area contributed by atoms with E-state index in [4.69, 9.17) is 0 Å². The fourth-order valence-electron chi connectivity index (χ4n) is 3.70. The van der Waals surface area contributed by atoms with E-state index < -0.39 is 28.9 Å². The number of hydrogen-bond acceptors (Lipinski definition) is 4. The first kappa shape index (κ1) is 20.9. The zero-order chi connectivity index (χ0) is 21.2. The van der Waals surface area contributed by atoms with Gasteiger partial charge in [0.15, 0.2) is 0 Å². The van der Waals surface area contributed by atoms with Crippen molar-refractivity contribution in [2.75, 3.05) is 0 Å². The highest BCUT2D eigenvalue weighted by atomic mass is 19.4. The summed E-state index contributed by atoms with van der Waals surface area (Å²) in [4.78, 5) is 31.1. The van der Waals surface area contributed by atoms with E-state index in [-0.39, 0.29) is 29.4 Å². The lowest BCUT2D eigenvalue weighted by Crippen LogP contribution is -2.36. The molecule has 156 valence electrons. The third-order valence-corrected chi connectivity index (χ3v) is 5.12. The Morgan fingerprint density at radius 3 is 2.55 bits per heavy atom. The van der Waals surface area contributed by atoms with Crippen LogP contribution in [0.1, 0.15) is 62.6 Å². The molecule has 1 fully saturated rings. The van der Waals surface area contributed by atoms with Gasteiger partial charge in [0.25, 0.3) is 5.56 Å². The number of aromatic nitrogens is 2. The Hall–Kier alpha value is -2.84. The van der Waals surface area contributed by atoms with Crippen LogP contribution in [0.4, 0.5) is 18.9 Å². The molecule has 2 N–H and O–H groups in total. The molecule has 6 nitrogen and oxygen atoms in total. The Morgan fingerprint density at radius 2 is 1.93 bits per heavy atom. The molecule has 1 aromatic heterocycles. The van der Waals surface area contributed by atoms with Gasteiger partial charge in [0.2, 0.25) is 5.88 Å². The van der Waals surface area contributed by atoms with Crippen LogP contribution < -0.4 is 11.2 Å². The highest BCUT2D eigenvalue weighted by Gasteiger charge is 2.30. The number of alkyl halides is 3. The molecule has 1 aromatic carbocycles. The first-order valence-electron chi connectivity index (χ1n) is 9.55. The summed E-state index contributed by atoms with van der Waals surface area (Å²) in [5, 5.41) is 10.7. The van der Waals surface area contributed by atoms with E-state index in [1.165, 1.54) is 16.7 Å². The van der Waals surface area contributed by atoms with Crippen molar-refractivity contribution in [2.45, 2.75) is 57.7 Å². The number of H-pyrrole nitrogens is 1. The maximum atomic E-state index is 13.0. The minimum atomic E-state index is -4.52. The van der Waals surface area contributed by atoms with Crippen LogP contribution in [0.25, 0.3) is 0 Å². The molecule has 2 aromatic rings. The fourth-order valence-corrected chi connectivity index (χ4v) is 3.70. The number of aromatic hydroxyl groups is 1. The number of benzene rings is 1. The standard InChI is InChI=1S/C20H22F3N3O3/c1-2-15(24-13-8-6-7-12(11-13)20(21,22)23)16-17(27)25-19(29)26(18(16)28)14-9-4-3-5-10-14/h6-8,11,14,28H,2-5,9-10H2,1H3,(H,25,27,29). The minimum absolute atomic E-state index is 0.00545. The highest BCUT2D eigenvalue weighted by Crippen LogP contribution is 2.33. The molecule has 0 atom stereocenters. The van der Waals surface area contributed by atoms with E-state index in [2.05, 4.69) is 9.98 Å². The zero-order valence-electron chi connectivity index (χ0n) is 15.9. The molecule has 0 amide bonds. The molecule has 1 aliphatic carbocycles. The third-order valence-electron chi connectivity index (χ3n) is 5.12. The number of nitrogens with zero attached hydrogens (tertiary/aromatic N) is 2. The van der Waals surface area contributed by atoms with Gasteiger partial charge in [0, 0.05) is 6.04 Å². The van der Waals surface area contributed by atoms with Crippen LogP contribution in [0, 0.1) is 0 Å². The summed E-state index contributed by atoms with van der Waals surface area (Å²) in [6, 6.07) is 4.17. The largest absolute Gasteiger partial charge is 0.494 e. The molecular weight excluding hydrogens is 387 g/mol. The normalized spacial score (nSPS) is 16.2. The molecule has 0 saturated heterocycles. The molecule has 0 unspecified atom stereocenters. The van der Waals surface area contributed by atoms with Gasteiger partial charge >= 0.3 is 11.9 Å². The predicted octanol–water partition coefficient (Wildman–Crippen LogP) is 4.30. The molecule has 1 saturated carbocycles. The molecule has 1 heterocycles. The predicted molar refractivity (Wildman–Crippen MR) is 103 cm³/mol. The van der Waals surface area contributed by atoms with E-state index in [1.54, 1.807) is 6.92 Å². The summed E-state index contributed by atoms with van der Waals surface area (Å²) < 4.78 is 40.1. The molecule has 0 radical (unpaired) electrons. The highest BCUT2D eigenvalue weighted by molar-refractivity contribution is 6.03. The van der Waals surface area contributed by atoms with Crippen LogP contribution in [0.3, 0.4) is 0 Å². The summed E-state index contributed by atoms with van der Waals surface area (Å²) in [6.45, 7) is 1.67. The van der Waals surface area contributed by atoms with Crippen molar-refractivity contribution in [3.05, 3.63) is 56.2 Å². The van der Waals surface area contributed by atoms with Crippen molar-refractivity contribution in [2.24, 2.45) is 4.99 Å². The van der Waals surface area contributed by atoms with Crippen molar-refractivity contribution < 1.29 is 18.3 Å². The van der Waals surface area contributed by atoms with Gasteiger partial charge in [-0.25, -0.2) is 4.79 Å². The molecule has 0 spiro atoms. The lowest BCUT2D eigenvalue weighted by molar-refractivity contribution is -0.137. The Labute approximate surface area is 164 Å². The zero-order valence-corrected chi connectivity index (χ0v) is 15.9. The van der Waals surface area contributed by atoms with E-state index >= 15 is 0 Å². The van der Waals surface area contributed by atoms with Crippen molar-refractivity contribution in [1.29, 1.82) is 0 Å². The average molecular weight is 409 g/mol. The Kier molecular flexibility index (Phi) is 5.95. The second kappa shape index (κ2) is 8.26. The minimum Gasteiger partial charge on any atom is -0.494 e. The molecule has 0 aliphatic heterocycles. The van der Waals surface area contributed by atoms with Crippen molar-refractivity contribution in [3.8, 4) is 5.88 Å². The number of nitrogens with one attached hydrogen (secondary N) is 1. The van der Waals surface area contributed by atoms with Gasteiger partial charge in [-0.1, -0.05) is 32.3 Å². The quantitative estimate of drug-likeness (QED) is 0.738. The smallest absolute Gasteiger partial charge is 0.416 e. The van der Waals surface area contributed by atoms with Crippen LogP contribution >= 0.6 is 0 Å². The summed E-state index contributed by atoms with van der Waals surface area (Å²) in [5.74, 6) is -0.488. The van der Waals surface area contributed by atoms with E-state index in [1.807, 2.05) is 0 Å². The van der Waals surface area contributed by atoms with E-state index in [9.17, 15) is 27.9 Å². The molecule has 29 heavy (non-hydrogen) atoms. The topological polar surface area (TPSA) is 87.4 Å². The van der Waals surface area contributed by atoms with Gasteiger partial charge in [-0.3, -0.25) is 19.3 Å². The maximum absolute atomic E-state index is 13.0. The first-order valence-corrected chi connectivity index (χ1v) is 9.55. The van der Waals surface area contributed by atoms with E-state index in [0.717, 1.165) is 31.4 Å². The maximum Gasteiger partial charge on any atom is 0.416 e. The van der Waals surface area contributed by atoms with Crippen LogP contribution in [0.2, 0.25) is 0 Å². The first-order chi connectivity index (χ1) is 13.7. The van der Waals surface area contributed by atoms with Crippen molar-refractivity contribution in [1.82, 2.24) is 9.55 Å². The lowest BCUT2D eigenvalue weighted by Gasteiger charge is -2.25. The summed E-state index contributed by atoms with van der Waals surface area (Å²) in [5.41, 5.74) is -2.45. The number of hydrogen-bond donors (Lipinski definition) is 2. The van der Waals surface area contributed by atoms with Crippen molar-refractivity contribution in [3.63, 3.8) is 0 Å². The molecule has 1 aliphatic rings. The lowest BCUT2D eigenvalue weighted by atomic mass is 9.95. The molecule has 3 rings (SSSR count). The second-order valence-corrected chi connectivity index (χ2v) is 7.08. The Bertz CT molecular complexity index is 1030. The van der Waals surface area contributed by atoms with Gasteiger partial charge in [-0.15, -0.1) is 0 Å². The summed E-state index contributed by atoms with van der Waals surface area (Å²) >= 11 is 0. The van der Waals surface area contributed by atoms with Gasteiger partial charge in [-0.2, -0.15) is 13.2 Å². The Balaban J connectivity index is 2.11. The van der Waals surface area contributed by atoms with Crippen LogP contribution in [-0.4, -0.2) is 20.4 Å². The van der Waals surface area contributed by atoms with Crippen LogP contribution in [0.15, 0.2) is 38.8 Å². The second-order valence-electron chi connectivity index (χ2n) is 7.08. The fraction of sp³-hybridized carbons (Fsp3) is 0.450. The van der Waals surface area contributed by atoms with Crippen LogP contribution in [0.5, 0.6) is 5.88 Å². The average Bonchev–Trinajstić information content (AvgIpc) is 2.67. The molecule has 0 bridgehead atoms. The van der Waals surface area contributed by atoms with Crippen LogP contribution in [-0.2, 0) is 6.18 Å². The van der Waals surface area contributed by atoms with Gasteiger partial charge in [-0.05, 0) is 37.5 Å². The number of aromatic amines is 1. The SMILES string of the molecule is CCC(=Nc1cccc(C(F)(F)F)c1)c1c(O)n(C2CCCCC2)c(=O)[nH]c1=O. The van der Waals surface area contributed by atoms with E-state index in [0.29, 0.717) is 12.8 Å². The monoisotopic (exact) mass is 409 g/mol. The number of aliphatic imine (C=N–C) groups is 1. The third kappa shape index (κ3) is 4.44. The summed E-state index contributed by atoms with van der Waals surface area (Å²) in [7, 11) is 0. The number of rotatable bonds is 4. The molecular formula is C20H22F3N3O3. The number of halogens is 3. The van der Waals surface area contributed by atoms with Gasteiger partial charge < -0.3 is 5.11 Å². The summed E-state index contributed by atoms with van der Waals surface area (Å²) in [6.07, 6.45) is -0.0921.